The van der Waals surface area contributed by atoms with Crippen LogP contribution in [0, 0.1) is 0 Å². The summed E-state index contributed by atoms with van der Waals surface area (Å²) in [6.45, 7) is 0.594. The number of hydrogen-bond donors (Lipinski definition) is 1. The maximum Gasteiger partial charge on any atom is 0.227 e. The molecule has 0 bridgehead atoms. The molecule has 7 heteroatoms. The fraction of sp³-hybridized carbons (Fsp3) is 0.533. The lowest BCUT2D eigenvalue weighted by Gasteiger charge is -2.38. The first-order valence-electron chi connectivity index (χ1n) is 6.92. The molecule has 1 heterocycles. The molecule has 0 radical (unpaired) electrons. The van der Waals surface area contributed by atoms with E-state index in [2.05, 4.69) is 0 Å². The molecule has 1 aliphatic heterocycles. The number of ether oxygens (including phenoxy) is 2. The monoisotopic (exact) mass is 347 g/mol. The van der Waals surface area contributed by atoms with E-state index in [4.69, 9.17) is 32.7 Å². The van der Waals surface area contributed by atoms with Gasteiger partial charge in [0.05, 0.1) is 25.7 Å². The van der Waals surface area contributed by atoms with Crippen molar-refractivity contribution >= 4 is 29.1 Å². The number of methoxy groups -OCH3 is 1. The molecule has 2 rings (SSSR count). The van der Waals surface area contributed by atoms with E-state index < -0.39 is 18.2 Å². The lowest BCUT2D eigenvalue weighted by Crippen LogP contribution is -2.57. The van der Waals surface area contributed by atoms with Gasteiger partial charge in [0.15, 0.2) is 0 Å². The summed E-state index contributed by atoms with van der Waals surface area (Å²) >= 11 is 11.9. The van der Waals surface area contributed by atoms with Crippen molar-refractivity contribution in [3.8, 4) is 0 Å². The normalized spacial score (nSPS) is 25.0. The van der Waals surface area contributed by atoms with Gasteiger partial charge in [-0.2, -0.15) is 0 Å². The van der Waals surface area contributed by atoms with E-state index in [-0.39, 0.29) is 18.9 Å². The number of halogens is 2. The first-order chi connectivity index (χ1) is 10.4. The molecule has 1 aliphatic rings. The van der Waals surface area contributed by atoms with Crippen molar-refractivity contribution in [2.75, 3.05) is 27.4 Å². The highest BCUT2D eigenvalue weighted by molar-refractivity contribution is 6.35. The molecule has 1 aromatic carbocycles. The average molecular weight is 348 g/mol. The number of benzene rings is 1. The number of likely N-dealkylation sites (N-methyl/N-ethyl adjacent to an activating group) is 1. The summed E-state index contributed by atoms with van der Waals surface area (Å²) in [6.07, 6.45) is -1.09. The Morgan fingerprint density at radius 2 is 2.18 bits per heavy atom. The van der Waals surface area contributed by atoms with Crippen LogP contribution in [-0.2, 0) is 20.7 Å². The molecule has 0 spiro atoms. The van der Waals surface area contributed by atoms with Gasteiger partial charge in [0, 0.05) is 24.2 Å². The molecule has 5 nitrogen and oxygen atoms in total. The highest BCUT2D eigenvalue weighted by Crippen LogP contribution is 2.23. The molecule has 3 atom stereocenters. The van der Waals surface area contributed by atoms with Gasteiger partial charge in [0.25, 0.3) is 0 Å². The summed E-state index contributed by atoms with van der Waals surface area (Å²) in [6, 6.07) is 4.57. The van der Waals surface area contributed by atoms with Gasteiger partial charge in [-0.1, -0.05) is 29.3 Å². The van der Waals surface area contributed by atoms with Crippen LogP contribution < -0.4 is 0 Å². The van der Waals surface area contributed by atoms with Crippen molar-refractivity contribution < 1.29 is 19.4 Å². The average Bonchev–Trinajstić information content (AvgIpc) is 2.49. The number of rotatable bonds is 4. The van der Waals surface area contributed by atoms with E-state index in [9.17, 15) is 9.90 Å². The van der Waals surface area contributed by atoms with Crippen molar-refractivity contribution in [2.24, 2.45) is 0 Å². The maximum absolute atomic E-state index is 12.4. The minimum Gasteiger partial charge on any atom is -0.388 e. The molecule has 0 saturated carbocycles. The summed E-state index contributed by atoms with van der Waals surface area (Å²) in [5, 5.41) is 11.2. The fourth-order valence-electron chi connectivity index (χ4n) is 2.44. The first-order valence-corrected chi connectivity index (χ1v) is 7.67. The van der Waals surface area contributed by atoms with E-state index in [1.807, 2.05) is 0 Å². The SMILES string of the molecule is CO[C@@H]1COC[C@@H](N(C)C(=O)Cc2ccc(Cl)cc2Cl)[C@@H]1O. The van der Waals surface area contributed by atoms with E-state index in [1.54, 1.807) is 25.2 Å². The summed E-state index contributed by atoms with van der Waals surface area (Å²) in [5.41, 5.74) is 0.692. The van der Waals surface area contributed by atoms with Crippen LogP contribution in [-0.4, -0.2) is 61.5 Å². The van der Waals surface area contributed by atoms with Gasteiger partial charge < -0.3 is 19.5 Å². The zero-order chi connectivity index (χ0) is 16.3. The van der Waals surface area contributed by atoms with Gasteiger partial charge in [-0.3, -0.25) is 4.79 Å². The lowest BCUT2D eigenvalue weighted by atomic mass is 10.0. The number of amides is 1. The van der Waals surface area contributed by atoms with Gasteiger partial charge in [0.1, 0.15) is 12.2 Å². The Morgan fingerprint density at radius 3 is 2.82 bits per heavy atom. The van der Waals surface area contributed by atoms with E-state index >= 15 is 0 Å². The predicted octanol–water partition coefficient (Wildman–Crippen LogP) is 1.77. The van der Waals surface area contributed by atoms with Crippen LogP contribution in [0.5, 0.6) is 0 Å². The quantitative estimate of drug-likeness (QED) is 0.901. The summed E-state index contributed by atoms with van der Waals surface area (Å²) in [4.78, 5) is 13.9. The zero-order valence-electron chi connectivity index (χ0n) is 12.5. The van der Waals surface area contributed by atoms with Gasteiger partial charge in [-0.05, 0) is 17.7 Å². The van der Waals surface area contributed by atoms with Gasteiger partial charge in [0.2, 0.25) is 5.91 Å². The van der Waals surface area contributed by atoms with Crippen molar-refractivity contribution in [3.05, 3.63) is 33.8 Å². The van der Waals surface area contributed by atoms with E-state index in [1.165, 1.54) is 12.0 Å². The number of carbonyl (C=O) groups is 1. The third-order valence-corrected chi connectivity index (χ3v) is 4.48. The first kappa shape index (κ1) is 17.5. The third kappa shape index (κ3) is 3.91. The second kappa shape index (κ2) is 7.62. The van der Waals surface area contributed by atoms with Crippen LogP contribution >= 0.6 is 23.2 Å². The Morgan fingerprint density at radius 1 is 1.45 bits per heavy atom. The topological polar surface area (TPSA) is 59.0 Å². The summed E-state index contributed by atoms with van der Waals surface area (Å²) < 4.78 is 10.6. The standard InChI is InChI=1S/C15H19Cl2NO4/c1-18(12-7-22-8-13(21-2)15(12)20)14(19)5-9-3-4-10(16)6-11(9)17/h3-4,6,12-13,15,20H,5,7-8H2,1-2H3/t12-,13-,15+/m1/s1. The van der Waals surface area contributed by atoms with Crippen LogP contribution in [0.2, 0.25) is 10.0 Å². The molecule has 0 aromatic heterocycles. The van der Waals surface area contributed by atoms with Crippen LogP contribution in [0.25, 0.3) is 0 Å². The molecular weight excluding hydrogens is 329 g/mol. The van der Waals surface area contributed by atoms with Crippen LogP contribution in [0.3, 0.4) is 0 Å². The van der Waals surface area contributed by atoms with E-state index in [0.29, 0.717) is 22.2 Å². The van der Waals surface area contributed by atoms with Crippen molar-refractivity contribution in [3.63, 3.8) is 0 Å². The molecule has 0 aliphatic carbocycles. The van der Waals surface area contributed by atoms with Gasteiger partial charge in [-0.15, -0.1) is 0 Å². The van der Waals surface area contributed by atoms with Crippen LogP contribution in [0.15, 0.2) is 18.2 Å². The Bertz CT molecular complexity index is 540. The van der Waals surface area contributed by atoms with Crippen LogP contribution in [0.4, 0.5) is 0 Å². The van der Waals surface area contributed by atoms with Gasteiger partial charge >= 0.3 is 0 Å². The Hall–Kier alpha value is -0.850. The Balaban J connectivity index is 2.05. The minimum absolute atomic E-state index is 0.132. The Kier molecular flexibility index (Phi) is 6.06. The smallest absolute Gasteiger partial charge is 0.227 e. The summed E-state index contributed by atoms with van der Waals surface area (Å²) in [7, 11) is 3.15. The molecule has 1 amide bonds. The van der Waals surface area contributed by atoms with Crippen molar-refractivity contribution in [2.45, 2.75) is 24.7 Å². The number of aliphatic hydroxyl groups is 1. The summed E-state index contributed by atoms with van der Waals surface area (Å²) in [5.74, 6) is -0.159. The molecule has 1 N–H and O–H groups in total. The molecular formula is C15H19Cl2NO4. The lowest BCUT2D eigenvalue weighted by molar-refractivity contribution is -0.157. The Labute approximate surface area is 139 Å². The minimum atomic E-state index is -0.784. The second-order valence-corrected chi connectivity index (χ2v) is 6.13. The fourth-order valence-corrected chi connectivity index (χ4v) is 2.91. The van der Waals surface area contributed by atoms with E-state index in [0.717, 1.165) is 0 Å². The third-order valence-electron chi connectivity index (χ3n) is 3.90. The highest BCUT2D eigenvalue weighted by Gasteiger charge is 2.36. The zero-order valence-corrected chi connectivity index (χ0v) is 14.0. The van der Waals surface area contributed by atoms with Crippen molar-refractivity contribution in [1.29, 1.82) is 0 Å². The number of hydrogen-bond acceptors (Lipinski definition) is 4. The molecule has 1 fully saturated rings. The molecule has 22 heavy (non-hydrogen) atoms. The molecule has 122 valence electrons. The molecule has 1 saturated heterocycles. The molecule has 1 aromatic rings. The number of carbonyl (C=O) groups excluding carboxylic acids is 1. The predicted molar refractivity (Wildman–Crippen MR) is 84.3 cm³/mol. The molecule has 0 unspecified atom stereocenters. The second-order valence-electron chi connectivity index (χ2n) is 5.29. The van der Waals surface area contributed by atoms with Crippen molar-refractivity contribution in [1.82, 2.24) is 4.90 Å². The highest BCUT2D eigenvalue weighted by atomic mass is 35.5. The van der Waals surface area contributed by atoms with Gasteiger partial charge in [-0.25, -0.2) is 0 Å². The maximum atomic E-state index is 12.4. The number of aliphatic hydroxyl groups excluding tert-OH is 1. The van der Waals surface area contributed by atoms with Crippen LogP contribution in [0.1, 0.15) is 5.56 Å². The largest absolute Gasteiger partial charge is 0.388 e. The number of nitrogens with zero attached hydrogens (tertiary/aromatic N) is 1.